The highest BCUT2D eigenvalue weighted by atomic mass is 31.2. The zero-order valence-corrected chi connectivity index (χ0v) is 7.78. The number of nitrogens with one attached hydrogen (secondary N) is 1. The second-order valence-corrected chi connectivity index (χ2v) is 4.47. The van der Waals surface area contributed by atoms with Crippen LogP contribution in [0.3, 0.4) is 0 Å². The third-order valence-electron chi connectivity index (χ3n) is 1.15. The average molecular weight is 165 g/mol. The lowest BCUT2D eigenvalue weighted by molar-refractivity contribution is 0.326. The summed E-state index contributed by atoms with van der Waals surface area (Å²) in [4.78, 5) is 0. The van der Waals surface area contributed by atoms with Gasteiger partial charge in [0.25, 0.3) is 7.52 Å². The molecule has 0 fully saturated rings. The van der Waals surface area contributed by atoms with E-state index in [1.54, 1.807) is 0 Å². The van der Waals surface area contributed by atoms with E-state index >= 15 is 0 Å². The van der Waals surface area contributed by atoms with Gasteiger partial charge in [0.1, 0.15) is 0 Å². The number of rotatable bonds is 5. The highest BCUT2D eigenvalue weighted by molar-refractivity contribution is 7.56. The second kappa shape index (κ2) is 4.89. The molecule has 1 atom stereocenters. The number of hydrogen-bond acceptors (Lipinski definition) is 2. The second-order valence-electron chi connectivity index (χ2n) is 1.92. The van der Waals surface area contributed by atoms with Crippen molar-refractivity contribution in [2.45, 2.75) is 20.8 Å². The van der Waals surface area contributed by atoms with Crippen LogP contribution in [0.1, 0.15) is 20.8 Å². The minimum atomic E-state index is -2.45. The first-order valence-electron chi connectivity index (χ1n) is 3.67. The molecule has 0 aromatic heterocycles. The Morgan fingerprint density at radius 3 is 2.30 bits per heavy atom. The van der Waals surface area contributed by atoms with Gasteiger partial charge in [0.15, 0.2) is 0 Å². The third-order valence-corrected chi connectivity index (χ3v) is 3.46. The Hall–Kier alpha value is 0.150. The van der Waals surface area contributed by atoms with Crippen LogP contribution in [0.2, 0.25) is 0 Å². The van der Waals surface area contributed by atoms with Gasteiger partial charge < -0.3 is 4.52 Å². The summed E-state index contributed by atoms with van der Waals surface area (Å²) in [6.45, 7) is 6.84. The van der Waals surface area contributed by atoms with Crippen LogP contribution < -0.4 is 5.09 Å². The van der Waals surface area contributed by atoms with Crippen LogP contribution >= 0.6 is 7.52 Å². The highest BCUT2D eigenvalue weighted by Gasteiger charge is 2.16. The van der Waals surface area contributed by atoms with Crippen LogP contribution in [-0.2, 0) is 9.09 Å². The van der Waals surface area contributed by atoms with E-state index in [0.717, 1.165) is 0 Å². The van der Waals surface area contributed by atoms with Crippen molar-refractivity contribution in [2.24, 2.45) is 0 Å². The van der Waals surface area contributed by atoms with E-state index in [4.69, 9.17) is 4.52 Å². The molecule has 0 rings (SSSR count). The van der Waals surface area contributed by atoms with Gasteiger partial charge in [0, 0.05) is 12.7 Å². The molecule has 0 aromatic rings. The first kappa shape index (κ1) is 10.2. The van der Waals surface area contributed by atoms with Gasteiger partial charge in [0.05, 0.1) is 6.61 Å². The molecule has 0 aliphatic rings. The topological polar surface area (TPSA) is 38.3 Å². The fraction of sp³-hybridized carbons (Fsp3) is 1.00. The summed E-state index contributed by atoms with van der Waals surface area (Å²) in [5.74, 6) is 0. The van der Waals surface area contributed by atoms with Crippen molar-refractivity contribution in [3.05, 3.63) is 0 Å². The molecular formula is C6H16NO2P. The van der Waals surface area contributed by atoms with Gasteiger partial charge in [-0.05, 0) is 6.92 Å². The first-order valence-corrected chi connectivity index (χ1v) is 5.48. The molecule has 4 heteroatoms. The van der Waals surface area contributed by atoms with E-state index < -0.39 is 7.52 Å². The van der Waals surface area contributed by atoms with Gasteiger partial charge in [-0.15, -0.1) is 0 Å². The van der Waals surface area contributed by atoms with Gasteiger partial charge in [-0.3, -0.25) is 4.57 Å². The molecule has 0 saturated heterocycles. The summed E-state index contributed by atoms with van der Waals surface area (Å²) in [7, 11) is -2.45. The van der Waals surface area contributed by atoms with Crippen molar-refractivity contribution in [1.82, 2.24) is 5.09 Å². The average Bonchev–Trinajstić information content (AvgIpc) is 1.89. The smallest absolute Gasteiger partial charge is 0.269 e. The summed E-state index contributed by atoms with van der Waals surface area (Å²) in [6, 6.07) is 0. The van der Waals surface area contributed by atoms with Crippen LogP contribution in [0.4, 0.5) is 0 Å². The predicted molar refractivity (Wildman–Crippen MR) is 43.5 cm³/mol. The normalized spacial score (nSPS) is 16.7. The maximum atomic E-state index is 11.4. The molecule has 0 spiro atoms. The lowest BCUT2D eigenvalue weighted by Crippen LogP contribution is -2.13. The van der Waals surface area contributed by atoms with E-state index in [1.165, 1.54) is 0 Å². The molecule has 62 valence electrons. The molecule has 0 heterocycles. The van der Waals surface area contributed by atoms with Crippen molar-refractivity contribution in [3.8, 4) is 0 Å². The van der Waals surface area contributed by atoms with Gasteiger partial charge in [-0.1, -0.05) is 13.8 Å². The lowest BCUT2D eigenvalue weighted by Gasteiger charge is -2.15. The Morgan fingerprint density at radius 2 is 2.00 bits per heavy atom. The van der Waals surface area contributed by atoms with E-state index in [2.05, 4.69) is 5.09 Å². The summed E-state index contributed by atoms with van der Waals surface area (Å²) < 4.78 is 16.5. The quantitative estimate of drug-likeness (QED) is 0.632. The zero-order valence-electron chi connectivity index (χ0n) is 6.89. The van der Waals surface area contributed by atoms with Gasteiger partial charge in [-0.25, -0.2) is 5.09 Å². The van der Waals surface area contributed by atoms with Crippen molar-refractivity contribution in [1.29, 1.82) is 0 Å². The molecule has 10 heavy (non-hydrogen) atoms. The Balaban J connectivity index is 3.83. The first-order chi connectivity index (χ1) is 4.68. The van der Waals surface area contributed by atoms with E-state index in [-0.39, 0.29) is 0 Å². The molecule has 0 aliphatic heterocycles. The Kier molecular flexibility index (Phi) is 4.96. The summed E-state index contributed by atoms with van der Waals surface area (Å²) >= 11 is 0. The molecule has 1 unspecified atom stereocenters. The molecular weight excluding hydrogens is 149 g/mol. The molecule has 3 nitrogen and oxygen atoms in total. The summed E-state index contributed by atoms with van der Waals surface area (Å²) in [6.07, 6.45) is 0.564. The largest absolute Gasteiger partial charge is 0.318 e. The fourth-order valence-corrected chi connectivity index (χ4v) is 2.09. The van der Waals surface area contributed by atoms with Crippen LogP contribution in [-0.4, -0.2) is 19.3 Å². The van der Waals surface area contributed by atoms with Crippen molar-refractivity contribution >= 4 is 7.52 Å². The molecule has 0 saturated carbocycles. The minimum Gasteiger partial charge on any atom is -0.318 e. The zero-order chi connectivity index (χ0) is 8.04. The van der Waals surface area contributed by atoms with Crippen molar-refractivity contribution in [2.75, 3.05) is 19.3 Å². The van der Waals surface area contributed by atoms with Crippen molar-refractivity contribution in [3.63, 3.8) is 0 Å². The molecule has 0 aromatic carbocycles. The highest BCUT2D eigenvalue weighted by Crippen LogP contribution is 2.40. The Labute approximate surface area is 62.7 Å². The fourth-order valence-electron chi connectivity index (χ4n) is 0.698. The van der Waals surface area contributed by atoms with E-state index in [1.807, 2.05) is 20.8 Å². The minimum absolute atomic E-state index is 0.512. The molecule has 0 amide bonds. The summed E-state index contributed by atoms with van der Waals surface area (Å²) in [5.41, 5.74) is 0. The monoisotopic (exact) mass is 165 g/mol. The summed E-state index contributed by atoms with van der Waals surface area (Å²) in [5, 5.41) is 2.84. The van der Waals surface area contributed by atoms with E-state index in [0.29, 0.717) is 19.3 Å². The molecule has 1 N–H and O–H groups in total. The van der Waals surface area contributed by atoms with Gasteiger partial charge in [-0.2, -0.15) is 0 Å². The SMILES string of the molecule is CCNP(=O)(CC)OCC. The standard InChI is InChI=1S/C6H16NO2P/c1-4-7-10(8,6-3)9-5-2/h4-6H2,1-3H3,(H,7,8). The molecule has 0 aliphatic carbocycles. The van der Waals surface area contributed by atoms with E-state index in [9.17, 15) is 4.57 Å². The van der Waals surface area contributed by atoms with Crippen LogP contribution in [0, 0.1) is 0 Å². The lowest BCUT2D eigenvalue weighted by atomic mass is 10.8. The molecule has 0 radical (unpaired) electrons. The Bertz CT molecular complexity index is 117. The van der Waals surface area contributed by atoms with Crippen LogP contribution in [0.25, 0.3) is 0 Å². The van der Waals surface area contributed by atoms with Gasteiger partial charge >= 0.3 is 0 Å². The van der Waals surface area contributed by atoms with Crippen molar-refractivity contribution < 1.29 is 9.09 Å². The predicted octanol–water partition coefficient (Wildman–Crippen LogP) is 1.85. The van der Waals surface area contributed by atoms with Crippen LogP contribution in [0.15, 0.2) is 0 Å². The van der Waals surface area contributed by atoms with Gasteiger partial charge in [0.2, 0.25) is 0 Å². The maximum Gasteiger partial charge on any atom is 0.269 e. The molecule has 0 bridgehead atoms. The third kappa shape index (κ3) is 3.35. The Morgan fingerprint density at radius 1 is 1.40 bits per heavy atom. The maximum absolute atomic E-state index is 11.4. The number of hydrogen-bond donors (Lipinski definition) is 1. The van der Waals surface area contributed by atoms with Crippen LogP contribution in [0.5, 0.6) is 0 Å².